The maximum atomic E-state index is 6.18. The zero-order valence-electron chi connectivity index (χ0n) is 12.8. The van der Waals surface area contributed by atoms with Crippen molar-refractivity contribution in [3.8, 4) is 11.1 Å². The van der Waals surface area contributed by atoms with E-state index in [0.29, 0.717) is 5.96 Å². The third kappa shape index (κ3) is 1.99. The standard InChI is InChI=1S/C15H20N6/c1-8-13(9(2)21(4)19-8)10-5-6-11-12(7-10)18-15(17)20(3)14(11)16/h5-7,14H,16H2,1-4H3,(H2,17,18). The summed E-state index contributed by atoms with van der Waals surface area (Å²) in [5, 5.41) is 4.46. The topological polar surface area (TPSA) is 85.5 Å². The van der Waals surface area contributed by atoms with E-state index in [4.69, 9.17) is 11.5 Å². The Hall–Kier alpha value is -2.34. The lowest BCUT2D eigenvalue weighted by Crippen LogP contribution is -2.42. The van der Waals surface area contributed by atoms with Crippen molar-refractivity contribution in [2.75, 3.05) is 7.05 Å². The smallest absolute Gasteiger partial charge is 0.197 e. The number of rotatable bonds is 1. The predicted octanol–water partition coefficient (Wildman–Crippen LogP) is 1.55. The second kappa shape index (κ2) is 4.60. The lowest BCUT2D eigenvalue weighted by Gasteiger charge is -2.30. The Morgan fingerprint density at radius 1 is 1.19 bits per heavy atom. The molecule has 1 aliphatic rings. The van der Waals surface area contributed by atoms with E-state index in [1.165, 1.54) is 0 Å². The Bertz CT molecular complexity index is 743. The number of aryl methyl sites for hydroxylation is 2. The van der Waals surface area contributed by atoms with Crippen molar-refractivity contribution in [2.45, 2.75) is 20.0 Å². The van der Waals surface area contributed by atoms with Gasteiger partial charge in [0, 0.05) is 30.9 Å². The molecule has 1 aliphatic heterocycles. The van der Waals surface area contributed by atoms with Crippen LogP contribution in [0.1, 0.15) is 23.1 Å². The number of hydrogen-bond donors (Lipinski definition) is 2. The summed E-state index contributed by atoms with van der Waals surface area (Å²) in [5.41, 5.74) is 18.3. The van der Waals surface area contributed by atoms with E-state index in [2.05, 4.69) is 23.1 Å². The molecule has 6 heteroatoms. The van der Waals surface area contributed by atoms with Gasteiger partial charge in [0.25, 0.3) is 0 Å². The molecule has 0 bridgehead atoms. The normalized spacial score (nSPS) is 17.7. The molecule has 0 aliphatic carbocycles. The quantitative estimate of drug-likeness (QED) is 0.832. The van der Waals surface area contributed by atoms with Gasteiger partial charge >= 0.3 is 0 Å². The molecule has 110 valence electrons. The number of aliphatic imine (C=N–C) groups is 1. The van der Waals surface area contributed by atoms with Crippen LogP contribution in [0.2, 0.25) is 0 Å². The van der Waals surface area contributed by atoms with E-state index in [1.807, 2.05) is 37.8 Å². The van der Waals surface area contributed by atoms with Crippen molar-refractivity contribution in [1.29, 1.82) is 0 Å². The fraction of sp³-hybridized carbons (Fsp3) is 0.333. The lowest BCUT2D eigenvalue weighted by atomic mass is 9.99. The van der Waals surface area contributed by atoms with E-state index < -0.39 is 0 Å². The first-order chi connectivity index (χ1) is 9.90. The average molecular weight is 284 g/mol. The summed E-state index contributed by atoms with van der Waals surface area (Å²) in [5.74, 6) is 0.437. The molecule has 21 heavy (non-hydrogen) atoms. The number of nitrogens with two attached hydrogens (primary N) is 2. The molecule has 1 aromatic heterocycles. The van der Waals surface area contributed by atoms with Gasteiger partial charge in [0.2, 0.25) is 0 Å². The maximum absolute atomic E-state index is 6.18. The first kappa shape index (κ1) is 13.6. The Labute approximate surface area is 124 Å². The van der Waals surface area contributed by atoms with Gasteiger partial charge in [-0.05, 0) is 25.5 Å². The highest BCUT2D eigenvalue weighted by Crippen LogP contribution is 2.36. The summed E-state index contributed by atoms with van der Waals surface area (Å²) in [7, 11) is 3.79. The summed E-state index contributed by atoms with van der Waals surface area (Å²) in [6.07, 6.45) is -0.261. The number of hydrogen-bond acceptors (Lipinski definition) is 5. The third-order valence-electron chi connectivity index (χ3n) is 4.16. The molecule has 0 spiro atoms. The van der Waals surface area contributed by atoms with Crippen LogP contribution in [-0.2, 0) is 7.05 Å². The lowest BCUT2D eigenvalue weighted by molar-refractivity contribution is 0.375. The minimum absolute atomic E-state index is 0.261. The molecule has 4 N–H and O–H groups in total. The van der Waals surface area contributed by atoms with Crippen LogP contribution in [-0.4, -0.2) is 27.7 Å². The van der Waals surface area contributed by atoms with Gasteiger partial charge in [-0.1, -0.05) is 12.1 Å². The van der Waals surface area contributed by atoms with E-state index in [9.17, 15) is 0 Å². The van der Waals surface area contributed by atoms with Crippen molar-refractivity contribution >= 4 is 11.6 Å². The largest absolute Gasteiger partial charge is 0.369 e. The van der Waals surface area contributed by atoms with Crippen LogP contribution in [0.15, 0.2) is 23.2 Å². The van der Waals surface area contributed by atoms with Gasteiger partial charge in [-0.15, -0.1) is 0 Å². The van der Waals surface area contributed by atoms with E-state index in [1.54, 1.807) is 4.90 Å². The number of benzene rings is 1. The van der Waals surface area contributed by atoms with Crippen LogP contribution in [0, 0.1) is 13.8 Å². The first-order valence-electron chi connectivity index (χ1n) is 6.87. The highest BCUT2D eigenvalue weighted by molar-refractivity contribution is 5.85. The van der Waals surface area contributed by atoms with Crippen LogP contribution in [0.5, 0.6) is 0 Å². The van der Waals surface area contributed by atoms with Crippen LogP contribution in [0.25, 0.3) is 11.1 Å². The van der Waals surface area contributed by atoms with Gasteiger partial charge in [0.1, 0.15) is 6.17 Å². The molecular weight excluding hydrogens is 264 g/mol. The van der Waals surface area contributed by atoms with E-state index in [0.717, 1.165) is 33.8 Å². The Balaban J connectivity index is 2.16. The second-order valence-corrected chi connectivity index (χ2v) is 5.47. The molecule has 0 amide bonds. The van der Waals surface area contributed by atoms with Crippen molar-refractivity contribution in [3.05, 3.63) is 35.2 Å². The minimum atomic E-state index is -0.261. The Morgan fingerprint density at radius 2 is 1.90 bits per heavy atom. The molecule has 2 heterocycles. The molecule has 0 radical (unpaired) electrons. The average Bonchev–Trinajstić information content (AvgIpc) is 2.69. The Kier molecular flexibility index (Phi) is 2.98. The summed E-state index contributed by atoms with van der Waals surface area (Å²) in [6.45, 7) is 4.07. The Morgan fingerprint density at radius 3 is 2.52 bits per heavy atom. The second-order valence-electron chi connectivity index (χ2n) is 5.47. The SMILES string of the molecule is Cc1nn(C)c(C)c1-c1ccc2c(c1)N=C(N)N(C)C2N. The summed E-state index contributed by atoms with van der Waals surface area (Å²) < 4.78 is 1.89. The highest BCUT2D eigenvalue weighted by atomic mass is 15.3. The molecule has 0 saturated heterocycles. The molecule has 3 rings (SSSR count). The predicted molar refractivity (Wildman–Crippen MR) is 84.1 cm³/mol. The fourth-order valence-electron chi connectivity index (χ4n) is 2.79. The van der Waals surface area contributed by atoms with Gasteiger partial charge in [-0.3, -0.25) is 4.68 Å². The maximum Gasteiger partial charge on any atom is 0.197 e. The van der Waals surface area contributed by atoms with Crippen LogP contribution in [0.3, 0.4) is 0 Å². The zero-order valence-corrected chi connectivity index (χ0v) is 12.8. The number of nitrogens with zero attached hydrogens (tertiary/aromatic N) is 4. The van der Waals surface area contributed by atoms with Crippen molar-refractivity contribution in [2.24, 2.45) is 23.5 Å². The van der Waals surface area contributed by atoms with Crippen LogP contribution < -0.4 is 11.5 Å². The molecule has 6 nitrogen and oxygen atoms in total. The minimum Gasteiger partial charge on any atom is -0.369 e. The van der Waals surface area contributed by atoms with Gasteiger partial charge in [0.15, 0.2) is 5.96 Å². The summed E-state index contributed by atoms with van der Waals surface area (Å²) in [4.78, 5) is 6.21. The van der Waals surface area contributed by atoms with Gasteiger partial charge in [-0.25, -0.2) is 4.99 Å². The number of guanidine groups is 1. The van der Waals surface area contributed by atoms with Crippen LogP contribution in [0.4, 0.5) is 5.69 Å². The van der Waals surface area contributed by atoms with Crippen LogP contribution >= 0.6 is 0 Å². The van der Waals surface area contributed by atoms with Crippen molar-refractivity contribution in [3.63, 3.8) is 0 Å². The van der Waals surface area contributed by atoms with Gasteiger partial charge in [0.05, 0.1) is 11.4 Å². The van der Waals surface area contributed by atoms with Crippen molar-refractivity contribution in [1.82, 2.24) is 14.7 Å². The number of aromatic nitrogens is 2. The zero-order chi connectivity index (χ0) is 15.3. The summed E-state index contributed by atoms with van der Waals surface area (Å²) in [6, 6.07) is 6.13. The van der Waals surface area contributed by atoms with Gasteiger partial charge < -0.3 is 16.4 Å². The van der Waals surface area contributed by atoms with E-state index >= 15 is 0 Å². The number of fused-ring (bicyclic) bond motifs is 1. The molecule has 1 unspecified atom stereocenters. The van der Waals surface area contributed by atoms with Gasteiger partial charge in [-0.2, -0.15) is 5.10 Å². The molecule has 2 aromatic rings. The first-order valence-corrected chi connectivity index (χ1v) is 6.87. The summed E-state index contributed by atoms with van der Waals surface area (Å²) >= 11 is 0. The molecular formula is C15H20N6. The molecule has 1 aromatic carbocycles. The molecule has 0 fully saturated rings. The van der Waals surface area contributed by atoms with E-state index in [-0.39, 0.29) is 6.17 Å². The monoisotopic (exact) mass is 284 g/mol. The molecule has 0 saturated carbocycles. The third-order valence-corrected chi connectivity index (χ3v) is 4.16. The highest BCUT2D eigenvalue weighted by Gasteiger charge is 2.23. The molecule has 1 atom stereocenters. The fourth-order valence-corrected chi connectivity index (χ4v) is 2.79. The van der Waals surface area contributed by atoms with Crippen molar-refractivity contribution < 1.29 is 0 Å².